The maximum Gasteiger partial charge on any atom is 0.244 e. The number of rotatable bonds is 5. The molecule has 7 heteroatoms. The molecule has 0 fully saturated rings. The summed E-state index contributed by atoms with van der Waals surface area (Å²) in [7, 11) is 2.96. The average molecular weight is 343 g/mol. The Morgan fingerprint density at radius 3 is 2.17 bits per heavy atom. The lowest BCUT2D eigenvalue weighted by molar-refractivity contribution is -0.137. The Hall–Kier alpha value is -1.95. The number of benzene rings is 1. The fourth-order valence-electron chi connectivity index (χ4n) is 2.11. The molecule has 128 valence electrons. The first-order valence-electron chi connectivity index (χ1n) is 7.09. The van der Waals surface area contributed by atoms with Gasteiger partial charge in [-0.15, -0.1) is 0 Å². The van der Waals surface area contributed by atoms with Crippen molar-refractivity contribution in [1.82, 2.24) is 4.90 Å². The number of nitrogens with one attached hydrogen (secondary N) is 1. The molecule has 0 bridgehead atoms. The zero-order valence-electron chi connectivity index (χ0n) is 14.3. The highest BCUT2D eigenvalue weighted by Gasteiger charge is 2.26. The van der Waals surface area contributed by atoms with E-state index in [1.54, 1.807) is 12.1 Å². The first-order chi connectivity index (χ1) is 10.6. The highest BCUT2D eigenvalue weighted by molar-refractivity contribution is 6.32. The summed E-state index contributed by atoms with van der Waals surface area (Å²) in [6, 6.07) is 3.14. The van der Waals surface area contributed by atoms with Gasteiger partial charge in [-0.05, 0) is 20.8 Å². The quantitative estimate of drug-likeness (QED) is 0.893. The number of anilines is 1. The Morgan fingerprint density at radius 2 is 1.74 bits per heavy atom. The van der Waals surface area contributed by atoms with Crippen molar-refractivity contribution < 1.29 is 19.1 Å². The van der Waals surface area contributed by atoms with Crippen molar-refractivity contribution in [3.8, 4) is 11.5 Å². The molecule has 2 amide bonds. The van der Waals surface area contributed by atoms with Crippen LogP contribution in [0.2, 0.25) is 5.02 Å². The summed E-state index contributed by atoms with van der Waals surface area (Å²) < 4.78 is 10.3. The average Bonchev–Trinajstić information content (AvgIpc) is 2.44. The molecule has 1 rings (SSSR count). The highest BCUT2D eigenvalue weighted by Crippen LogP contribution is 2.35. The summed E-state index contributed by atoms with van der Waals surface area (Å²) in [5, 5.41) is 3.10. The van der Waals surface area contributed by atoms with Crippen LogP contribution in [-0.4, -0.2) is 43.0 Å². The number of carbonyl (C=O) groups excluding carboxylic acids is 2. The molecule has 0 saturated heterocycles. The second kappa shape index (κ2) is 7.55. The molecule has 1 aromatic carbocycles. The van der Waals surface area contributed by atoms with Gasteiger partial charge in [0, 0.05) is 24.6 Å². The normalized spacial score (nSPS) is 10.9. The van der Waals surface area contributed by atoms with Crippen molar-refractivity contribution in [3.63, 3.8) is 0 Å². The Kier molecular flexibility index (Phi) is 6.27. The maximum absolute atomic E-state index is 12.3. The third-order valence-corrected chi connectivity index (χ3v) is 3.53. The minimum absolute atomic E-state index is 0.0626. The molecule has 0 atom stereocenters. The molecule has 0 heterocycles. The molecule has 6 nitrogen and oxygen atoms in total. The van der Waals surface area contributed by atoms with E-state index >= 15 is 0 Å². The van der Waals surface area contributed by atoms with Crippen LogP contribution in [-0.2, 0) is 9.59 Å². The van der Waals surface area contributed by atoms with Gasteiger partial charge in [-0.1, -0.05) is 11.6 Å². The van der Waals surface area contributed by atoms with Gasteiger partial charge in [0.25, 0.3) is 0 Å². The SMILES string of the molecule is COc1cc(NC(=O)CN(C(C)=O)C(C)(C)C)c(OC)cc1Cl. The standard InChI is InChI=1S/C16H23ClN2O4/c1-10(20)19(16(2,3)4)9-15(21)18-12-8-13(22-5)11(17)7-14(12)23-6/h7-8H,9H2,1-6H3,(H,18,21). The number of hydrogen-bond donors (Lipinski definition) is 1. The Morgan fingerprint density at radius 1 is 1.17 bits per heavy atom. The van der Waals surface area contributed by atoms with Crippen molar-refractivity contribution >= 4 is 29.1 Å². The predicted octanol–water partition coefficient (Wildman–Crippen LogP) is 2.94. The van der Waals surface area contributed by atoms with E-state index in [-0.39, 0.29) is 18.4 Å². The monoisotopic (exact) mass is 342 g/mol. The number of carbonyl (C=O) groups is 2. The maximum atomic E-state index is 12.3. The first kappa shape index (κ1) is 19.1. The van der Waals surface area contributed by atoms with Crippen LogP contribution in [0.25, 0.3) is 0 Å². The zero-order chi connectivity index (χ0) is 17.8. The third kappa shape index (κ3) is 5.03. The number of halogens is 1. The second-order valence-electron chi connectivity index (χ2n) is 6.01. The van der Waals surface area contributed by atoms with Crippen molar-refractivity contribution in [2.75, 3.05) is 26.1 Å². The Balaban J connectivity index is 2.99. The van der Waals surface area contributed by atoms with Gasteiger partial charge in [0.15, 0.2) is 0 Å². The predicted molar refractivity (Wildman–Crippen MR) is 90.3 cm³/mol. The molecule has 0 unspecified atom stereocenters. The second-order valence-corrected chi connectivity index (χ2v) is 6.42. The number of ether oxygens (including phenoxy) is 2. The van der Waals surface area contributed by atoms with Crippen LogP contribution in [0.1, 0.15) is 27.7 Å². The van der Waals surface area contributed by atoms with Crippen molar-refractivity contribution in [3.05, 3.63) is 17.2 Å². The lowest BCUT2D eigenvalue weighted by atomic mass is 10.1. The molecule has 0 spiro atoms. The minimum Gasteiger partial charge on any atom is -0.495 e. The van der Waals surface area contributed by atoms with Crippen molar-refractivity contribution in [2.45, 2.75) is 33.2 Å². The van der Waals surface area contributed by atoms with Gasteiger partial charge in [-0.25, -0.2) is 0 Å². The van der Waals surface area contributed by atoms with E-state index < -0.39 is 5.54 Å². The number of amides is 2. The minimum atomic E-state index is -0.453. The molecule has 0 radical (unpaired) electrons. The van der Waals surface area contributed by atoms with Crippen LogP contribution in [0.3, 0.4) is 0 Å². The molecular formula is C16H23ClN2O4. The van der Waals surface area contributed by atoms with Gasteiger partial charge >= 0.3 is 0 Å². The summed E-state index contributed by atoms with van der Waals surface area (Å²) in [5.74, 6) is 0.322. The molecule has 1 N–H and O–H groups in total. The van der Waals surface area contributed by atoms with E-state index in [1.807, 2.05) is 20.8 Å². The summed E-state index contributed by atoms with van der Waals surface area (Å²) in [5.41, 5.74) is -0.0264. The molecule has 0 aliphatic rings. The first-order valence-corrected chi connectivity index (χ1v) is 7.47. The van der Waals surface area contributed by atoms with Crippen LogP contribution < -0.4 is 14.8 Å². The van der Waals surface area contributed by atoms with Crippen molar-refractivity contribution in [2.24, 2.45) is 0 Å². The van der Waals surface area contributed by atoms with Crippen LogP contribution in [0.5, 0.6) is 11.5 Å². The van der Waals surface area contributed by atoms with E-state index in [2.05, 4.69) is 5.32 Å². The van der Waals surface area contributed by atoms with Gasteiger partial charge < -0.3 is 19.7 Å². The van der Waals surface area contributed by atoms with E-state index in [0.29, 0.717) is 22.2 Å². The third-order valence-electron chi connectivity index (χ3n) is 3.24. The largest absolute Gasteiger partial charge is 0.495 e. The summed E-state index contributed by atoms with van der Waals surface area (Å²) in [6.07, 6.45) is 0. The summed E-state index contributed by atoms with van der Waals surface area (Å²) in [4.78, 5) is 25.5. The smallest absolute Gasteiger partial charge is 0.244 e. The fraction of sp³-hybridized carbons (Fsp3) is 0.500. The van der Waals surface area contributed by atoms with Gasteiger partial charge in [-0.2, -0.15) is 0 Å². The lowest BCUT2D eigenvalue weighted by Gasteiger charge is -2.34. The number of nitrogens with zero attached hydrogens (tertiary/aromatic N) is 1. The molecule has 0 aliphatic carbocycles. The van der Waals surface area contributed by atoms with E-state index in [9.17, 15) is 9.59 Å². The molecule has 1 aromatic rings. The molecular weight excluding hydrogens is 320 g/mol. The summed E-state index contributed by atoms with van der Waals surface area (Å²) in [6.45, 7) is 6.98. The topological polar surface area (TPSA) is 67.9 Å². The van der Waals surface area contributed by atoms with Crippen LogP contribution in [0, 0.1) is 0 Å². The van der Waals surface area contributed by atoms with Crippen LogP contribution >= 0.6 is 11.6 Å². The molecule has 23 heavy (non-hydrogen) atoms. The van der Waals surface area contributed by atoms with Gasteiger partial charge in [0.2, 0.25) is 11.8 Å². The molecule has 0 aliphatic heterocycles. The van der Waals surface area contributed by atoms with Gasteiger partial charge in [0.05, 0.1) is 24.9 Å². The van der Waals surface area contributed by atoms with E-state index in [4.69, 9.17) is 21.1 Å². The number of methoxy groups -OCH3 is 2. The van der Waals surface area contributed by atoms with E-state index in [0.717, 1.165) is 0 Å². The summed E-state index contributed by atoms with van der Waals surface area (Å²) >= 11 is 6.03. The van der Waals surface area contributed by atoms with Gasteiger partial charge in [0.1, 0.15) is 18.0 Å². The number of hydrogen-bond acceptors (Lipinski definition) is 4. The van der Waals surface area contributed by atoms with Gasteiger partial charge in [-0.3, -0.25) is 9.59 Å². The Bertz CT molecular complexity index is 596. The highest BCUT2D eigenvalue weighted by atomic mass is 35.5. The zero-order valence-corrected chi connectivity index (χ0v) is 15.1. The van der Waals surface area contributed by atoms with Crippen LogP contribution in [0.4, 0.5) is 5.69 Å². The van der Waals surface area contributed by atoms with Crippen LogP contribution in [0.15, 0.2) is 12.1 Å². The fourth-order valence-corrected chi connectivity index (χ4v) is 2.34. The Labute approximate surface area is 141 Å². The van der Waals surface area contributed by atoms with E-state index in [1.165, 1.54) is 26.0 Å². The molecule has 0 aromatic heterocycles. The van der Waals surface area contributed by atoms with Crippen molar-refractivity contribution in [1.29, 1.82) is 0 Å². The lowest BCUT2D eigenvalue weighted by Crippen LogP contribution is -2.48. The molecule has 0 saturated carbocycles.